The molecule has 0 radical (unpaired) electrons. The van der Waals surface area contributed by atoms with Crippen LogP contribution >= 0.6 is 0 Å². The maximum Gasteiger partial charge on any atom is 0.0418 e. The van der Waals surface area contributed by atoms with Gasteiger partial charge >= 0.3 is 0 Å². The van der Waals surface area contributed by atoms with Gasteiger partial charge in [0.25, 0.3) is 0 Å². The summed E-state index contributed by atoms with van der Waals surface area (Å²) in [6.45, 7) is 15.6. The fourth-order valence-electron chi connectivity index (χ4n) is 3.59. The number of rotatable bonds is 5. The molecule has 0 aromatic carbocycles. The average Bonchev–Trinajstić information content (AvgIpc) is 2.78. The molecule has 144 valence electrons. The van der Waals surface area contributed by atoms with Crippen LogP contribution in [-0.2, 0) is 0 Å². The van der Waals surface area contributed by atoms with Crippen LogP contribution in [0.4, 0.5) is 0 Å². The highest BCUT2D eigenvalue weighted by Crippen LogP contribution is 2.32. The van der Waals surface area contributed by atoms with Gasteiger partial charge in [-0.25, -0.2) is 0 Å². The van der Waals surface area contributed by atoms with Gasteiger partial charge in [0.05, 0.1) is 0 Å². The Bertz CT molecular complexity index is 638. The molecule has 0 heterocycles. The molecule has 0 saturated carbocycles. The van der Waals surface area contributed by atoms with Gasteiger partial charge < -0.3 is 10.6 Å². The van der Waals surface area contributed by atoms with Gasteiger partial charge in [0, 0.05) is 24.5 Å². The van der Waals surface area contributed by atoms with Crippen LogP contribution in [0.1, 0.15) is 66.7 Å². The molecule has 0 bridgehead atoms. The molecule has 0 saturated heterocycles. The lowest BCUT2D eigenvalue weighted by atomic mass is 9.84. The van der Waals surface area contributed by atoms with Crippen LogP contribution < -0.4 is 10.6 Å². The number of hydrogen-bond acceptors (Lipinski definition) is 2. The van der Waals surface area contributed by atoms with Crippen LogP contribution in [0.2, 0.25) is 0 Å². The quantitative estimate of drug-likeness (QED) is 0.590. The molecule has 2 N–H and O–H groups in total. The van der Waals surface area contributed by atoms with Gasteiger partial charge in [-0.1, -0.05) is 52.5 Å². The van der Waals surface area contributed by atoms with E-state index in [4.69, 9.17) is 0 Å². The van der Waals surface area contributed by atoms with Crippen molar-refractivity contribution >= 4 is 0 Å². The molecule has 0 spiro atoms. The van der Waals surface area contributed by atoms with Crippen molar-refractivity contribution in [3.63, 3.8) is 0 Å². The molecule has 2 rings (SSSR count). The van der Waals surface area contributed by atoms with E-state index in [9.17, 15) is 0 Å². The molecular weight excluding hydrogens is 316 g/mol. The second kappa shape index (κ2) is 8.79. The summed E-state index contributed by atoms with van der Waals surface area (Å²) in [4.78, 5) is 0. The Morgan fingerprint density at radius 1 is 1.23 bits per heavy atom. The van der Waals surface area contributed by atoms with Gasteiger partial charge in [0.1, 0.15) is 0 Å². The zero-order valence-electron chi connectivity index (χ0n) is 17.7. The maximum atomic E-state index is 4.35. The van der Waals surface area contributed by atoms with Crippen molar-refractivity contribution in [2.24, 2.45) is 11.3 Å². The van der Waals surface area contributed by atoms with E-state index in [-0.39, 0.29) is 5.41 Å². The Kier molecular flexibility index (Phi) is 6.97. The van der Waals surface area contributed by atoms with Gasteiger partial charge in [-0.05, 0) is 73.2 Å². The summed E-state index contributed by atoms with van der Waals surface area (Å²) < 4.78 is 0. The van der Waals surface area contributed by atoms with Crippen molar-refractivity contribution in [2.75, 3.05) is 7.05 Å². The first-order valence-electron chi connectivity index (χ1n) is 10.1. The molecule has 0 aliphatic heterocycles. The molecule has 0 aromatic heterocycles. The van der Waals surface area contributed by atoms with Crippen LogP contribution in [-0.4, -0.2) is 13.1 Å². The summed E-state index contributed by atoms with van der Waals surface area (Å²) in [7, 11) is 2.03. The van der Waals surface area contributed by atoms with E-state index in [1.807, 2.05) is 7.05 Å². The Balaban J connectivity index is 2.23. The molecule has 2 heteroatoms. The molecule has 0 fully saturated rings. The summed E-state index contributed by atoms with van der Waals surface area (Å²) >= 11 is 0. The summed E-state index contributed by atoms with van der Waals surface area (Å²) in [6, 6.07) is 0.504. The highest BCUT2D eigenvalue weighted by Gasteiger charge is 2.20. The lowest BCUT2D eigenvalue weighted by molar-refractivity contribution is 0.498. The zero-order valence-corrected chi connectivity index (χ0v) is 17.7. The maximum absolute atomic E-state index is 4.35. The van der Waals surface area contributed by atoms with Crippen molar-refractivity contribution in [3.05, 3.63) is 59.0 Å². The van der Waals surface area contributed by atoms with Gasteiger partial charge in [0.15, 0.2) is 0 Å². The smallest absolute Gasteiger partial charge is 0.0418 e. The van der Waals surface area contributed by atoms with Gasteiger partial charge in [-0.15, -0.1) is 0 Å². The average molecular weight is 355 g/mol. The molecule has 2 aliphatic carbocycles. The van der Waals surface area contributed by atoms with Crippen LogP contribution in [0.15, 0.2) is 59.0 Å². The topological polar surface area (TPSA) is 24.1 Å². The lowest BCUT2D eigenvalue weighted by Crippen LogP contribution is -2.30. The van der Waals surface area contributed by atoms with E-state index >= 15 is 0 Å². The molecule has 2 aliphatic rings. The van der Waals surface area contributed by atoms with E-state index in [2.05, 4.69) is 76.1 Å². The molecule has 0 aromatic rings. The number of nitrogens with one attached hydrogen (secondary N) is 2. The van der Waals surface area contributed by atoms with Crippen LogP contribution in [0, 0.1) is 11.3 Å². The minimum absolute atomic E-state index is 0.0807. The molecule has 0 amide bonds. The number of allylic oxidation sites excluding steroid dienone is 7. The highest BCUT2D eigenvalue weighted by atomic mass is 14.9. The largest absolute Gasteiger partial charge is 0.392 e. The van der Waals surface area contributed by atoms with Crippen LogP contribution in [0.5, 0.6) is 0 Å². The predicted octanol–water partition coefficient (Wildman–Crippen LogP) is 6.02. The van der Waals surface area contributed by atoms with Crippen LogP contribution in [0.25, 0.3) is 0 Å². The van der Waals surface area contributed by atoms with E-state index in [0.717, 1.165) is 19.3 Å². The van der Waals surface area contributed by atoms with Gasteiger partial charge in [-0.3, -0.25) is 0 Å². The van der Waals surface area contributed by atoms with E-state index in [1.54, 1.807) is 0 Å². The monoisotopic (exact) mass is 354 g/mol. The highest BCUT2D eigenvalue weighted by molar-refractivity contribution is 5.49. The lowest BCUT2D eigenvalue weighted by Gasteiger charge is -2.27. The molecule has 2 atom stereocenters. The third-order valence-corrected chi connectivity index (χ3v) is 5.57. The van der Waals surface area contributed by atoms with Crippen molar-refractivity contribution in [1.82, 2.24) is 10.6 Å². The number of hydrogen-bond donors (Lipinski definition) is 2. The normalized spacial score (nSPS) is 24.8. The summed E-state index contributed by atoms with van der Waals surface area (Å²) in [6.07, 6.45) is 15.2. The standard InChI is InChI=1S/C24H38N2/c1-17-11-14-22(18(2)15-17)23(16-19(3)24(4,5)6)26-21-10-8-9-20(25-7)12-13-21/h9,14-17,21,25-26H,3,8,10-13H2,1-2,4-7H3/b23-16+. The second-order valence-electron chi connectivity index (χ2n) is 8.95. The Hall–Kier alpha value is -1.70. The second-order valence-corrected chi connectivity index (χ2v) is 8.95. The summed E-state index contributed by atoms with van der Waals surface area (Å²) in [5.41, 5.74) is 6.63. The summed E-state index contributed by atoms with van der Waals surface area (Å²) in [5.74, 6) is 0.631. The summed E-state index contributed by atoms with van der Waals surface area (Å²) in [5, 5.41) is 7.22. The Morgan fingerprint density at radius 2 is 1.96 bits per heavy atom. The molecule has 2 unspecified atom stereocenters. The van der Waals surface area contributed by atoms with Crippen LogP contribution in [0.3, 0.4) is 0 Å². The van der Waals surface area contributed by atoms with Crippen molar-refractivity contribution in [2.45, 2.75) is 72.8 Å². The minimum Gasteiger partial charge on any atom is -0.392 e. The zero-order chi connectivity index (χ0) is 19.3. The van der Waals surface area contributed by atoms with Crippen molar-refractivity contribution < 1.29 is 0 Å². The molecular formula is C24H38N2. The first-order valence-corrected chi connectivity index (χ1v) is 10.1. The predicted molar refractivity (Wildman–Crippen MR) is 115 cm³/mol. The third-order valence-electron chi connectivity index (χ3n) is 5.57. The van der Waals surface area contributed by atoms with Gasteiger partial charge in [-0.2, -0.15) is 0 Å². The minimum atomic E-state index is 0.0807. The van der Waals surface area contributed by atoms with Gasteiger partial charge in [0.2, 0.25) is 0 Å². The SMILES string of the molecule is C=C(/C=C(/NC1CCC=C(NC)CC1)C1=CCC(C)C=C1C)C(C)(C)C. The first kappa shape index (κ1) is 20.6. The Labute approximate surface area is 161 Å². The first-order chi connectivity index (χ1) is 12.2. The third kappa shape index (κ3) is 5.65. The van der Waals surface area contributed by atoms with E-state index in [1.165, 1.54) is 41.0 Å². The molecule has 2 nitrogen and oxygen atoms in total. The van der Waals surface area contributed by atoms with Crippen molar-refractivity contribution in [3.8, 4) is 0 Å². The van der Waals surface area contributed by atoms with E-state index < -0.39 is 0 Å². The van der Waals surface area contributed by atoms with Crippen molar-refractivity contribution in [1.29, 1.82) is 0 Å². The Morgan fingerprint density at radius 3 is 2.58 bits per heavy atom. The van der Waals surface area contributed by atoms with E-state index in [0.29, 0.717) is 12.0 Å². The molecule has 26 heavy (non-hydrogen) atoms. The fraction of sp³-hybridized carbons (Fsp3) is 0.583. The fourth-order valence-corrected chi connectivity index (χ4v) is 3.59.